The second kappa shape index (κ2) is 39.8. The molecule has 26 nitrogen and oxygen atoms in total. The Kier molecular flexibility index (Phi) is 35.6. The first-order valence-electron chi connectivity index (χ1n) is 34.5. The van der Waals surface area contributed by atoms with Crippen LogP contribution in [0.5, 0.6) is 0 Å². The zero-order chi connectivity index (χ0) is 72.8. The number of hydrogen-bond donors (Lipinski definition) is 5. The highest BCUT2D eigenvalue weighted by Gasteiger charge is 2.46. The number of morpholine rings is 1. The Balaban J connectivity index is 3.09. The SMILES string of the molecule is C/C=C/C[C@@H](C)[C@@H](O)[C@H]1C(=O)N[C@@H](CC)C(=O)N(C)[C@H](COCCN2CCOCC2)C(=O)N(C)[C@@H](CC(C)C)C(=O)N[C@@H](C(C)C)C(=O)N(C)[C@@H](CC(C)C)C(=O)N[C@@H](C)C(=O)N[C@H](C)C(=O)N(C)[C@@H](CC(C)C)C(=O)N(C)[C@@H](CC(C)C)C(=O)N(C)[C@@H](C(C)C)C(=O)N1C. The van der Waals surface area contributed by atoms with Crippen LogP contribution in [0.2, 0.25) is 0 Å². The van der Waals surface area contributed by atoms with Crippen molar-refractivity contribution in [3.05, 3.63) is 12.2 Å². The molecular weight excluding hydrogens is 1220 g/mol. The second-order valence-electron chi connectivity index (χ2n) is 28.8. The number of carbonyl (C=O) groups is 11. The molecule has 95 heavy (non-hydrogen) atoms. The molecule has 0 unspecified atom stereocenters. The molecule has 0 spiro atoms. The molecule has 0 aliphatic carbocycles. The standard InChI is InChI=1S/C69H124N12O14/c1-25-27-28-46(15)58(82)57-62(86)72-49(26-2)64(88)78(22)54(39-95-34-31-81-29-32-94-33-30-81)67(91)74(18)51(36-41(5)6)61(85)73-55(44(11)12)68(92)75(19)50(35-40(3)4)60(84)70-47(16)59(83)71-48(17)63(87)76(20)52(37-42(7)8)65(89)77(21)53(38-43(9)10)66(90)79(23)56(45(13)14)69(93)80(57)24/h25,27,40-58,82H,26,28-39H2,1-24H3,(H,70,84)(H,71,83)(H,72,86)(H,73,85)/b27-25+/t46-,47+,48-,49+,50+,51+,52+,53+,54-,55+,56+,57+,58-/m1/s1. The van der Waals surface area contributed by atoms with Gasteiger partial charge in [0.1, 0.15) is 66.5 Å². The van der Waals surface area contributed by atoms with Crippen molar-refractivity contribution in [2.24, 2.45) is 41.4 Å². The molecule has 2 saturated heterocycles. The number of aliphatic hydroxyl groups is 1. The number of carbonyl (C=O) groups excluding carboxylic acids is 11. The fraction of sp³-hybridized carbons (Fsp3) is 0.812. The molecule has 2 rings (SSSR count). The summed E-state index contributed by atoms with van der Waals surface area (Å²) >= 11 is 0. The first kappa shape index (κ1) is 84.8. The topological polar surface area (TPSA) is 300 Å². The molecule has 0 aromatic rings. The van der Waals surface area contributed by atoms with Crippen molar-refractivity contribution in [2.45, 2.75) is 229 Å². The number of ether oxygens (including phenoxy) is 2. The van der Waals surface area contributed by atoms with E-state index >= 15 is 28.8 Å². The number of hydrogen-bond acceptors (Lipinski definition) is 15. The molecule has 5 N–H and O–H groups in total. The summed E-state index contributed by atoms with van der Waals surface area (Å²) in [5.41, 5.74) is 0. The van der Waals surface area contributed by atoms with E-state index in [0.29, 0.717) is 39.3 Å². The van der Waals surface area contributed by atoms with E-state index in [1.807, 2.05) is 61.5 Å². The quantitative estimate of drug-likeness (QED) is 0.0865. The van der Waals surface area contributed by atoms with E-state index in [1.165, 1.54) is 87.7 Å². The van der Waals surface area contributed by atoms with Gasteiger partial charge in [-0.05, 0) is 101 Å². The molecule has 2 fully saturated rings. The van der Waals surface area contributed by atoms with Crippen LogP contribution in [0.25, 0.3) is 0 Å². The van der Waals surface area contributed by atoms with Crippen LogP contribution < -0.4 is 21.3 Å². The van der Waals surface area contributed by atoms with Crippen molar-refractivity contribution < 1.29 is 67.3 Å². The van der Waals surface area contributed by atoms with Gasteiger partial charge in [-0.2, -0.15) is 0 Å². The Hall–Kier alpha value is -6.25. The number of amides is 11. The average Bonchev–Trinajstić information content (AvgIpc) is 0.814. The highest BCUT2D eigenvalue weighted by atomic mass is 16.5. The lowest BCUT2D eigenvalue weighted by atomic mass is 9.91. The van der Waals surface area contributed by atoms with E-state index in [2.05, 4.69) is 26.2 Å². The minimum Gasteiger partial charge on any atom is -0.390 e. The molecule has 0 bridgehead atoms. The van der Waals surface area contributed by atoms with Gasteiger partial charge in [-0.3, -0.25) is 57.6 Å². The van der Waals surface area contributed by atoms with Gasteiger partial charge in [0.2, 0.25) is 65.0 Å². The summed E-state index contributed by atoms with van der Waals surface area (Å²) in [6.45, 7) is 32.6. The Morgan fingerprint density at radius 2 is 0.905 bits per heavy atom. The van der Waals surface area contributed by atoms with Crippen molar-refractivity contribution >= 4 is 65.0 Å². The largest absolute Gasteiger partial charge is 0.390 e. The fourth-order valence-electron chi connectivity index (χ4n) is 12.2. The molecule has 2 aliphatic heterocycles. The predicted octanol–water partition coefficient (Wildman–Crippen LogP) is 2.99. The Morgan fingerprint density at radius 1 is 0.484 bits per heavy atom. The van der Waals surface area contributed by atoms with Gasteiger partial charge in [-0.25, -0.2) is 0 Å². The van der Waals surface area contributed by atoms with E-state index < -0.39 is 155 Å². The van der Waals surface area contributed by atoms with Gasteiger partial charge in [-0.1, -0.05) is 109 Å². The number of rotatable bonds is 20. The van der Waals surface area contributed by atoms with Crippen LogP contribution in [0.15, 0.2) is 12.2 Å². The third kappa shape index (κ3) is 24.4. The van der Waals surface area contributed by atoms with Crippen molar-refractivity contribution in [1.29, 1.82) is 0 Å². The zero-order valence-electron chi connectivity index (χ0n) is 62.1. The van der Waals surface area contributed by atoms with Crippen LogP contribution in [-0.2, 0) is 62.2 Å². The van der Waals surface area contributed by atoms with E-state index in [0.717, 1.165) is 9.80 Å². The molecule has 0 aromatic heterocycles. The zero-order valence-corrected chi connectivity index (χ0v) is 62.1. The highest BCUT2D eigenvalue weighted by Crippen LogP contribution is 2.26. The maximum atomic E-state index is 15.4. The summed E-state index contributed by atoms with van der Waals surface area (Å²) in [5.74, 6) is -10.1. The van der Waals surface area contributed by atoms with Crippen molar-refractivity contribution in [2.75, 3.05) is 95.4 Å². The second-order valence-corrected chi connectivity index (χ2v) is 28.8. The van der Waals surface area contributed by atoms with Gasteiger partial charge < -0.3 is 70.1 Å². The van der Waals surface area contributed by atoms with Crippen LogP contribution >= 0.6 is 0 Å². The predicted molar refractivity (Wildman–Crippen MR) is 365 cm³/mol. The van der Waals surface area contributed by atoms with Crippen molar-refractivity contribution in [3.8, 4) is 0 Å². The molecule has 11 amide bonds. The van der Waals surface area contributed by atoms with Crippen LogP contribution in [0.4, 0.5) is 0 Å². The van der Waals surface area contributed by atoms with Crippen LogP contribution in [0.3, 0.4) is 0 Å². The number of nitrogens with one attached hydrogen (secondary N) is 4. The van der Waals surface area contributed by atoms with Crippen molar-refractivity contribution in [3.63, 3.8) is 0 Å². The first-order chi connectivity index (χ1) is 44.2. The fourth-order valence-corrected chi connectivity index (χ4v) is 12.2. The van der Waals surface area contributed by atoms with E-state index in [9.17, 15) is 29.1 Å². The van der Waals surface area contributed by atoms with E-state index in [-0.39, 0.29) is 69.0 Å². The highest BCUT2D eigenvalue weighted by molar-refractivity contribution is 6.00. The molecular formula is C69H124N12O14. The smallest absolute Gasteiger partial charge is 0.248 e. The van der Waals surface area contributed by atoms with Crippen molar-refractivity contribution in [1.82, 2.24) is 60.5 Å². The summed E-state index contributed by atoms with van der Waals surface area (Å²) in [7, 11) is 9.97. The normalized spacial score (nSPS) is 27.3. The molecule has 0 radical (unpaired) electrons. The van der Waals surface area contributed by atoms with Gasteiger partial charge in [-0.15, -0.1) is 0 Å². The Labute approximate surface area is 568 Å². The van der Waals surface area contributed by atoms with Crippen LogP contribution in [-0.4, -0.2) is 277 Å². The Morgan fingerprint density at radius 3 is 1.38 bits per heavy atom. The monoisotopic (exact) mass is 1340 g/mol. The number of aliphatic hydroxyl groups excluding tert-OH is 1. The third-order valence-electron chi connectivity index (χ3n) is 18.3. The molecule has 0 aromatic carbocycles. The molecule has 13 atom stereocenters. The summed E-state index contributed by atoms with van der Waals surface area (Å²) in [5, 5.41) is 23.5. The molecule has 544 valence electrons. The maximum absolute atomic E-state index is 15.4. The first-order valence-corrected chi connectivity index (χ1v) is 34.5. The average molecular weight is 1350 g/mol. The van der Waals surface area contributed by atoms with Gasteiger partial charge >= 0.3 is 0 Å². The van der Waals surface area contributed by atoms with Gasteiger partial charge in [0.05, 0.1) is 32.5 Å². The maximum Gasteiger partial charge on any atom is 0.248 e. The third-order valence-corrected chi connectivity index (χ3v) is 18.3. The lowest BCUT2D eigenvalue weighted by Crippen LogP contribution is -2.64. The lowest BCUT2D eigenvalue weighted by Gasteiger charge is -2.41. The van der Waals surface area contributed by atoms with Crippen LogP contribution in [0, 0.1) is 41.4 Å². The van der Waals surface area contributed by atoms with E-state index in [1.54, 1.807) is 54.5 Å². The molecule has 2 aliphatic rings. The van der Waals surface area contributed by atoms with Gasteiger partial charge in [0.15, 0.2) is 0 Å². The molecule has 26 heteroatoms. The number of nitrogens with zero attached hydrogens (tertiary/aromatic N) is 8. The van der Waals surface area contributed by atoms with E-state index in [4.69, 9.17) is 9.47 Å². The van der Waals surface area contributed by atoms with Gasteiger partial charge in [0.25, 0.3) is 0 Å². The minimum absolute atomic E-state index is 0.0281. The summed E-state index contributed by atoms with van der Waals surface area (Å²) < 4.78 is 11.8. The Bertz CT molecular complexity index is 2580. The summed E-state index contributed by atoms with van der Waals surface area (Å²) in [4.78, 5) is 175. The van der Waals surface area contributed by atoms with Gasteiger partial charge in [0, 0.05) is 69.0 Å². The minimum atomic E-state index is -1.66. The number of likely N-dealkylation sites (N-methyl/N-ethyl adjacent to an activating group) is 7. The lowest BCUT2D eigenvalue weighted by molar-refractivity contribution is -0.157. The summed E-state index contributed by atoms with van der Waals surface area (Å²) in [6.07, 6.45) is 2.85. The number of allylic oxidation sites excluding steroid dienone is 2. The molecule has 0 saturated carbocycles. The van der Waals surface area contributed by atoms with Crippen LogP contribution in [0.1, 0.15) is 156 Å². The molecule has 2 heterocycles. The summed E-state index contributed by atoms with van der Waals surface area (Å²) in [6, 6.07) is -14.1.